The summed E-state index contributed by atoms with van der Waals surface area (Å²) in [5, 5.41) is 6.91. The normalized spacial score (nSPS) is 12.9. The molecule has 0 spiro atoms. The highest BCUT2D eigenvalue weighted by molar-refractivity contribution is 7.10. The molecule has 2 heterocycles. The van der Waals surface area contributed by atoms with Crippen LogP contribution >= 0.6 is 22.9 Å². The van der Waals surface area contributed by atoms with Gasteiger partial charge in [0.15, 0.2) is 0 Å². The first-order chi connectivity index (χ1) is 7.74. The predicted octanol–water partition coefficient (Wildman–Crippen LogP) is 3.06. The van der Waals surface area contributed by atoms with Gasteiger partial charge >= 0.3 is 0 Å². The van der Waals surface area contributed by atoms with Gasteiger partial charge in [-0.1, -0.05) is 24.6 Å². The van der Waals surface area contributed by atoms with Crippen molar-refractivity contribution >= 4 is 22.9 Å². The minimum atomic E-state index is -0.179. The van der Waals surface area contributed by atoms with Crippen LogP contribution in [0.4, 0.5) is 0 Å². The van der Waals surface area contributed by atoms with E-state index in [9.17, 15) is 0 Å². The summed E-state index contributed by atoms with van der Waals surface area (Å²) in [5.41, 5.74) is 7.11. The molecule has 0 saturated carbocycles. The van der Waals surface area contributed by atoms with E-state index in [-0.39, 0.29) is 6.04 Å². The van der Waals surface area contributed by atoms with Gasteiger partial charge in [0.2, 0.25) is 0 Å². The Morgan fingerprint density at radius 2 is 2.44 bits per heavy atom. The maximum Gasteiger partial charge on any atom is 0.0837 e. The molecule has 0 aliphatic carbocycles. The Labute approximate surface area is 104 Å². The van der Waals surface area contributed by atoms with E-state index in [1.165, 1.54) is 0 Å². The number of hydrogen-bond donors (Lipinski definition) is 1. The van der Waals surface area contributed by atoms with E-state index < -0.39 is 0 Å². The van der Waals surface area contributed by atoms with Gasteiger partial charge in [0.05, 0.1) is 23.0 Å². The fourth-order valence-electron chi connectivity index (χ4n) is 1.67. The Bertz CT molecular complexity index is 450. The second kappa shape index (κ2) is 4.99. The summed E-state index contributed by atoms with van der Waals surface area (Å²) in [6.45, 7) is 2.96. The number of nitrogens with zero attached hydrogens (tertiary/aromatic N) is 2. The van der Waals surface area contributed by atoms with Gasteiger partial charge in [-0.15, -0.1) is 11.3 Å². The molecule has 2 rings (SSSR count). The van der Waals surface area contributed by atoms with Crippen LogP contribution in [0.25, 0.3) is 0 Å². The van der Waals surface area contributed by atoms with Gasteiger partial charge in [-0.05, 0) is 17.9 Å². The molecular formula is C11H14ClN3S. The number of hydrogen-bond acceptors (Lipinski definition) is 3. The topological polar surface area (TPSA) is 43.8 Å². The van der Waals surface area contributed by atoms with Crippen molar-refractivity contribution in [3.63, 3.8) is 0 Å². The molecule has 1 unspecified atom stereocenters. The van der Waals surface area contributed by atoms with Crippen molar-refractivity contribution in [2.24, 2.45) is 5.73 Å². The van der Waals surface area contributed by atoms with Gasteiger partial charge in [0.1, 0.15) is 0 Å². The third-order valence-corrected chi connectivity index (χ3v) is 3.66. The molecule has 3 nitrogen and oxygen atoms in total. The van der Waals surface area contributed by atoms with Crippen molar-refractivity contribution in [1.82, 2.24) is 9.78 Å². The summed E-state index contributed by atoms with van der Waals surface area (Å²) in [5.74, 6) is 0. The summed E-state index contributed by atoms with van der Waals surface area (Å²) in [4.78, 5) is 1.11. The molecule has 16 heavy (non-hydrogen) atoms. The molecule has 0 aromatic carbocycles. The summed E-state index contributed by atoms with van der Waals surface area (Å²) >= 11 is 7.77. The summed E-state index contributed by atoms with van der Waals surface area (Å²) < 4.78 is 1.90. The van der Waals surface area contributed by atoms with Crippen molar-refractivity contribution in [2.45, 2.75) is 25.9 Å². The number of aryl methyl sites for hydroxylation is 1. The number of nitrogens with two attached hydrogens (primary N) is 1. The highest BCUT2D eigenvalue weighted by Gasteiger charge is 2.18. The van der Waals surface area contributed by atoms with E-state index in [2.05, 4.69) is 12.0 Å². The smallest absolute Gasteiger partial charge is 0.0837 e. The van der Waals surface area contributed by atoms with Gasteiger partial charge in [-0.2, -0.15) is 5.10 Å². The first-order valence-electron chi connectivity index (χ1n) is 5.24. The van der Waals surface area contributed by atoms with Crippen LogP contribution in [0.2, 0.25) is 5.02 Å². The summed E-state index contributed by atoms with van der Waals surface area (Å²) in [6.07, 6.45) is 2.68. The van der Waals surface area contributed by atoms with Crippen molar-refractivity contribution < 1.29 is 0 Å². The fourth-order valence-corrected chi connectivity index (χ4v) is 2.66. The van der Waals surface area contributed by atoms with Gasteiger partial charge in [0, 0.05) is 11.4 Å². The molecular weight excluding hydrogens is 242 g/mol. The van der Waals surface area contributed by atoms with Crippen molar-refractivity contribution in [1.29, 1.82) is 0 Å². The zero-order valence-electron chi connectivity index (χ0n) is 9.06. The SMILES string of the molecule is CCCn1ncc(Cl)c1C(N)c1cccs1. The maximum absolute atomic E-state index is 6.20. The fraction of sp³-hybridized carbons (Fsp3) is 0.364. The Morgan fingerprint density at radius 3 is 3.06 bits per heavy atom. The van der Waals surface area contributed by atoms with Crippen LogP contribution in [0.1, 0.15) is 30.0 Å². The van der Waals surface area contributed by atoms with Gasteiger partial charge in [0.25, 0.3) is 0 Å². The van der Waals surface area contributed by atoms with Crippen LogP contribution < -0.4 is 5.73 Å². The van der Waals surface area contributed by atoms with Crippen LogP contribution in [0.3, 0.4) is 0 Å². The number of rotatable bonds is 4. The van der Waals surface area contributed by atoms with E-state index >= 15 is 0 Å². The molecule has 1 atom stereocenters. The first-order valence-corrected chi connectivity index (χ1v) is 6.50. The van der Waals surface area contributed by atoms with Crippen LogP contribution in [0.15, 0.2) is 23.7 Å². The molecule has 0 radical (unpaired) electrons. The molecule has 0 bridgehead atoms. The van der Waals surface area contributed by atoms with Crippen molar-refractivity contribution in [2.75, 3.05) is 0 Å². The number of thiophene rings is 1. The molecule has 0 saturated heterocycles. The minimum Gasteiger partial charge on any atom is -0.318 e. The maximum atomic E-state index is 6.20. The highest BCUT2D eigenvalue weighted by Crippen LogP contribution is 2.28. The second-order valence-electron chi connectivity index (χ2n) is 3.59. The standard InChI is InChI=1S/C11H14ClN3S/c1-2-5-15-11(8(12)7-14-15)10(13)9-4-3-6-16-9/h3-4,6-7,10H,2,5,13H2,1H3. The zero-order valence-corrected chi connectivity index (χ0v) is 10.6. The Kier molecular flexibility index (Phi) is 3.63. The summed E-state index contributed by atoms with van der Waals surface area (Å²) in [7, 11) is 0. The quantitative estimate of drug-likeness (QED) is 0.913. The minimum absolute atomic E-state index is 0.179. The predicted molar refractivity (Wildman–Crippen MR) is 67.9 cm³/mol. The molecule has 86 valence electrons. The Hall–Kier alpha value is -0.840. The molecule has 0 aliphatic heterocycles. The Morgan fingerprint density at radius 1 is 1.62 bits per heavy atom. The molecule has 5 heteroatoms. The third kappa shape index (κ3) is 2.14. The van der Waals surface area contributed by atoms with Gasteiger partial charge in [-0.3, -0.25) is 4.68 Å². The monoisotopic (exact) mass is 255 g/mol. The lowest BCUT2D eigenvalue weighted by atomic mass is 10.2. The van der Waals surface area contributed by atoms with E-state index in [1.54, 1.807) is 17.5 Å². The van der Waals surface area contributed by atoms with Crippen LogP contribution in [0.5, 0.6) is 0 Å². The van der Waals surface area contributed by atoms with Crippen LogP contribution in [-0.4, -0.2) is 9.78 Å². The molecule has 2 aromatic rings. The van der Waals surface area contributed by atoms with Crippen LogP contribution in [0, 0.1) is 0 Å². The van der Waals surface area contributed by atoms with Crippen LogP contribution in [-0.2, 0) is 6.54 Å². The van der Waals surface area contributed by atoms with E-state index in [0.29, 0.717) is 5.02 Å². The van der Waals surface area contributed by atoms with E-state index in [0.717, 1.165) is 23.5 Å². The lowest BCUT2D eigenvalue weighted by molar-refractivity contribution is 0.561. The third-order valence-electron chi connectivity index (χ3n) is 2.41. The molecule has 2 aromatic heterocycles. The Balaban J connectivity index is 2.35. The summed E-state index contributed by atoms with van der Waals surface area (Å²) in [6, 6.07) is 3.84. The first kappa shape index (κ1) is 11.6. The van der Waals surface area contributed by atoms with Gasteiger partial charge in [-0.25, -0.2) is 0 Å². The molecule has 0 amide bonds. The zero-order chi connectivity index (χ0) is 11.5. The molecule has 2 N–H and O–H groups in total. The lowest BCUT2D eigenvalue weighted by Gasteiger charge is -2.13. The largest absolute Gasteiger partial charge is 0.318 e. The van der Waals surface area contributed by atoms with E-state index in [1.807, 2.05) is 22.2 Å². The number of halogens is 1. The lowest BCUT2D eigenvalue weighted by Crippen LogP contribution is -2.17. The van der Waals surface area contributed by atoms with Crippen molar-refractivity contribution in [3.05, 3.63) is 39.3 Å². The van der Waals surface area contributed by atoms with E-state index in [4.69, 9.17) is 17.3 Å². The van der Waals surface area contributed by atoms with Gasteiger partial charge < -0.3 is 5.73 Å². The van der Waals surface area contributed by atoms with Crippen molar-refractivity contribution in [3.8, 4) is 0 Å². The average molecular weight is 256 g/mol. The second-order valence-corrected chi connectivity index (χ2v) is 4.98. The average Bonchev–Trinajstić information content (AvgIpc) is 2.88. The highest BCUT2D eigenvalue weighted by atomic mass is 35.5. The molecule has 0 aliphatic rings. The molecule has 0 fully saturated rings. The number of aromatic nitrogens is 2.